The van der Waals surface area contributed by atoms with Crippen LogP contribution in [-0.4, -0.2) is 25.3 Å². The summed E-state index contributed by atoms with van der Waals surface area (Å²) in [5, 5.41) is 5.86. The Bertz CT molecular complexity index is 536. The molecule has 2 aliphatic rings. The number of benzene rings is 1. The number of piperidine rings is 1. The lowest BCUT2D eigenvalue weighted by Gasteiger charge is -2.21. The van der Waals surface area contributed by atoms with Gasteiger partial charge in [0.15, 0.2) is 11.5 Å². The second-order valence-electron chi connectivity index (χ2n) is 4.86. The highest BCUT2D eigenvalue weighted by molar-refractivity contribution is 5.93. The summed E-state index contributed by atoms with van der Waals surface area (Å²) < 4.78 is 34.4. The number of fused-ring (bicyclic) bond motifs is 1. The van der Waals surface area contributed by atoms with Crippen molar-refractivity contribution < 1.29 is 23.0 Å². The molecule has 8 heteroatoms. The Labute approximate surface area is 126 Å². The minimum atomic E-state index is -3.64. The van der Waals surface area contributed by atoms with Crippen LogP contribution >= 0.6 is 12.4 Å². The first-order valence-electron chi connectivity index (χ1n) is 6.45. The van der Waals surface area contributed by atoms with Crippen molar-refractivity contribution in [3.05, 3.63) is 18.2 Å². The van der Waals surface area contributed by atoms with Crippen molar-refractivity contribution in [3.8, 4) is 11.5 Å². The molecule has 1 amide bonds. The van der Waals surface area contributed by atoms with Crippen LogP contribution < -0.4 is 20.1 Å². The van der Waals surface area contributed by atoms with Gasteiger partial charge in [0.2, 0.25) is 5.91 Å². The lowest BCUT2D eigenvalue weighted by molar-refractivity contribution is -0.286. The predicted octanol–water partition coefficient (Wildman–Crippen LogP) is 2.37. The van der Waals surface area contributed by atoms with Crippen LogP contribution in [0.1, 0.15) is 12.8 Å². The van der Waals surface area contributed by atoms with E-state index in [4.69, 9.17) is 0 Å². The summed E-state index contributed by atoms with van der Waals surface area (Å²) in [5.74, 6) is -0.333. The van der Waals surface area contributed by atoms with E-state index in [1.165, 1.54) is 18.2 Å². The molecule has 1 aromatic rings. The molecule has 1 atom stereocenters. The van der Waals surface area contributed by atoms with Crippen molar-refractivity contribution in [2.24, 2.45) is 5.92 Å². The summed E-state index contributed by atoms with van der Waals surface area (Å²) in [5.41, 5.74) is 0.417. The van der Waals surface area contributed by atoms with Crippen LogP contribution in [0.3, 0.4) is 0 Å². The molecule has 2 aliphatic heterocycles. The molecule has 21 heavy (non-hydrogen) atoms. The maximum Gasteiger partial charge on any atom is 0.586 e. The van der Waals surface area contributed by atoms with E-state index >= 15 is 0 Å². The molecule has 0 saturated carbocycles. The monoisotopic (exact) mass is 320 g/mol. The second-order valence-corrected chi connectivity index (χ2v) is 4.86. The van der Waals surface area contributed by atoms with Crippen molar-refractivity contribution in [3.63, 3.8) is 0 Å². The number of hydrogen-bond donors (Lipinski definition) is 2. The second kappa shape index (κ2) is 6.03. The lowest BCUT2D eigenvalue weighted by Crippen LogP contribution is -2.37. The Morgan fingerprint density at radius 3 is 2.81 bits per heavy atom. The third kappa shape index (κ3) is 3.54. The Balaban J connectivity index is 0.00000161. The first-order chi connectivity index (χ1) is 9.53. The highest BCUT2D eigenvalue weighted by atomic mass is 35.5. The van der Waals surface area contributed by atoms with Gasteiger partial charge in [-0.2, -0.15) is 0 Å². The van der Waals surface area contributed by atoms with E-state index in [0.717, 1.165) is 19.4 Å². The SMILES string of the molecule is Cl.O=C(Nc1ccc2c(c1)OC(F)(F)O2)[C@@H]1CCCNC1. The maximum absolute atomic E-state index is 12.9. The van der Waals surface area contributed by atoms with E-state index in [1.54, 1.807) is 0 Å². The molecule has 0 aliphatic carbocycles. The summed E-state index contributed by atoms with van der Waals surface area (Å²) in [7, 11) is 0. The molecular weight excluding hydrogens is 306 g/mol. The minimum Gasteiger partial charge on any atom is -0.395 e. The van der Waals surface area contributed by atoms with Gasteiger partial charge in [-0.3, -0.25) is 4.79 Å². The number of ether oxygens (including phenoxy) is 2. The van der Waals surface area contributed by atoms with E-state index < -0.39 is 6.29 Å². The maximum atomic E-state index is 12.9. The van der Waals surface area contributed by atoms with Crippen molar-refractivity contribution >= 4 is 24.0 Å². The van der Waals surface area contributed by atoms with Crippen molar-refractivity contribution in [2.45, 2.75) is 19.1 Å². The van der Waals surface area contributed by atoms with Crippen LogP contribution in [0.15, 0.2) is 18.2 Å². The summed E-state index contributed by atoms with van der Waals surface area (Å²) in [6.45, 7) is 1.55. The molecule has 0 spiro atoms. The van der Waals surface area contributed by atoms with Gasteiger partial charge in [0.1, 0.15) is 0 Å². The quantitative estimate of drug-likeness (QED) is 0.878. The molecular formula is C13H15ClF2N2O3. The zero-order valence-electron chi connectivity index (χ0n) is 11.0. The van der Waals surface area contributed by atoms with Gasteiger partial charge in [0.05, 0.1) is 5.92 Å². The molecule has 3 rings (SSSR count). The van der Waals surface area contributed by atoms with Gasteiger partial charge in [-0.05, 0) is 31.5 Å². The minimum absolute atomic E-state index is 0. The molecule has 0 aromatic heterocycles. The van der Waals surface area contributed by atoms with Crippen molar-refractivity contribution in [2.75, 3.05) is 18.4 Å². The average Bonchev–Trinajstić information content (AvgIpc) is 2.73. The van der Waals surface area contributed by atoms with E-state index in [9.17, 15) is 13.6 Å². The number of nitrogens with one attached hydrogen (secondary N) is 2. The van der Waals surface area contributed by atoms with Crippen LogP contribution in [0.25, 0.3) is 0 Å². The normalized spacial score (nSPS) is 22.3. The summed E-state index contributed by atoms with van der Waals surface area (Å²) in [6, 6.07) is 4.20. The van der Waals surface area contributed by atoms with Crippen LogP contribution in [0.4, 0.5) is 14.5 Å². The van der Waals surface area contributed by atoms with Crippen LogP contribution in [0.5, 0.6) is 11.5 Å². The Hall–Kier alpha value is -1.60. The number of rotatable bonds is 2. The molecule has 5 nitrogen and oxygen atoms in total. The summed E-state index contributed by atoms with van der Waals surface area (Å²) >= 11 is 0. The van der Waals surface area contributed by atoms with Gasteiger partial charge in [-0.1, -0.05) is 0 Å². The van der Waals surface area contributed by atoms with E-state index in [1.807, 2.05) is 0 Å². The van der Waals surface area contributed by atoms with E-state index in [0.29, 0.717) is 12.2 Å². The number of alkyl halides is 2. The summed E-state index contributed by atoms with van der Waals surface area (Å²) in [4.78, 5) is 12.0. The van der Waals surface area contributed by atoms with Gasteiger partial charge >= 0.3 is 6.29 Å². The fraction of sp³-hybridized carbons (Fsp3) is 0.462. The molecule has 0 bridgehead atoms. The van der Waals surface area contributed by atoms with Crippen LogP contribution in [0.2, 0.25) is 0 Å². The number of hydrogen-bond acceptors (Lipinski definition) is 4. The number of amides is 1. The highest BCUT2D eigenvalue weighted by Gasteiger charge is 2.43. The smallest absolute Gasteiger partial charge is 0.395 e. The zero-order valence-corrected chi connectivity index (χ0v) is 11.8. The fourth-order valence-electron chi connectivity index (χ4n) is 2.35. The van der Waals surface area contributed by atoms with Crippen LogP contribution in [0, 0.1) is 5.92 Å². The van der Waals surface area contributed by atoms with Gasteiger partial charge in [0.25, 0.3) is 0 Å². The standard InChI is InChI=1S/C13H14F2N2O3.ClH/c14-13(15)19-10-4-3-9(6-11(10)20-13)17-12(18)8-2-1-5-16-7-8;/h3-4,6,8,16H,1-2,5,7H2,(H,17,18);1H/t8-;/m1./s1. The Kier molecular flexibility index (Phi) is 4.53. The fourth-order valence-corrected chi connectivity index (χ4v) is 2.35. The lowest BCUT2D eigenvalue weighted by atomic mass is 9.99. The largest absolute Gasteiger partial charge is 0.586 e. The van der Waals surface area contributed by atoms with Crippen LogP contribution in [-0.2, 0) is 4.79 Å². The molecule has 1 aromatic carbocycles. The first-order valence-corrected chi connectivity index (χ1v) is 6.45. The van der Waals surface area contributed by atoms with Gasteiger partial charge < -0.3 is 20.1 Å². The molecule has 1 saturated heterocycles. The number of carbonyl (C=O) groups excluding carboxylic acids is 1. The predicted molar refractivity (Wildman–Crippen MR) is 74.1 cm³/mol. The van der Waals surface area contributed by atoms with Gasteiger partial charge in [0, 0.05) is 18.3 Å². The molecule has 2 heterocycles. The summed E-state index contributed by atoms with van der Waals surface area (Å²) in [6.07, 6.45) is -1.87. The highest BCUT2D eigenvalue weighted by Crippen LogP contribution is 2.42. The van der Waals surface area contributed by atoms with Gasteiger partial charge in [-0.25, -0.2) is 0 Å². The third-order valence-electron chi connectivity index (χ3n) is 3.34. The molecule has 0 unspecified atom stereocenters. The van der Waals surface area contributed by atoms with E-state index in [2.05, 4.69) is 20.1 Å². The topological polar surface area (TPSA) is 59.6 Å². The Morgan fingerprint density at radius 1 is 1.33 bits per heavy atom. The zero-order chi connectivity index (χ0) is 14.2. The van der Waals surface area contributed by atoms with Crippen molar-refractivity contribution in [1.82, 2.24) is 5.32 Å². The molecule has 0 radical (unpaired) electrons. The average molecular weight is 321 g/mol. The number of anilines is 1. The number of halogens is 3. The molecule has 1 fully saturated rings. The van der Waals surface area contributed by atoms with Crippen molar-refractivity contribution in [1.29, 1.82) is 0 Å². The number of carbonyl (C=O) groups is 1. The molecule has 116 valence electrons. The first kappa shape index (κ1) is 15.8. The molecule has 2 N–H and O–H groups in total. The third-order valence-corrected chi connectivity index (χ3v) is 3.34. The Morgan fingerprint density at radius 2 is 2.10 bits per heavy atom. The van der Waals surface area contributed by atoms with Gasteiger partial charge in [-0.15, -0.1) is 21.2 Å². The van der Waals surface area contributed by atoms with E-state index in [-0.39, 0.29) is 35.7 Å².